The molecule has 0 fully saturated rings. The summed E-state index contributed by atoms with van der Waals surface area (Å²) in [6.45, 7) is -1.72. The fourth-order valence-electron chi connectivity index (χ4n) is 1.06. The van der Waals surface area contributed by atoms with E-state index in [1.807, 2.05) is 0 Å². The highest BCUT2D eigenvalue weighted by molar-refractivity contribution is 7.89. The Balaban J connectivity index is 2.99. The van der Waals surface area contributed by atoms with Crippen LogP contribution in [0.4, 0.5) is 13.2 Å². The van der Waals surface area contributed by atoms with Crippen molar-refractivity contribution in [1.29, 1.82) is 0 Å². The molecule has 1 rings (SSSR count). The van der Waals surface area contributed by atoms with Crippen LogP contribution in [0.3, 0.4) is 0 Å². The van der Waals surface area contributed by atoms with Gasteiger partial charge in [-0.25, -0.2) is 17.9 Å². The molecule has 0 aliphatic heterocycles. The Hall–Kier alpha value is -1.61. The number of halogens is 3. The van der Waals surface area contributed by atoms with Crippen molar-refractivity contribution in [2.45, 2.75) is 11.1 Å². The van der Waals surface area contributed by atoms with Crippen molar-refractivity contribution in [3.8, 4) is 0 Å². The first-order chi connectivity index (χ1) is 8.12. The number of hydrogen-bond acceptors (Lipinski definition) is 3. The lowest BCUT2D eigenvalue weighted by atomic mass is 10.2. The van der Waals surface area contributed by atoms with Gasteiger partial charge in [0, 0.05) is 0 Å². The molecule has 9 heteroatoms. The second kappa shape index (κ2) is 4.94. The number of nitrogens with one attached hydrogen (secondary N) is 1. The Kier molecular flexibility index (Phi) is 3.97. The zero-order chi connectivity index (χ0) is 14.0. The van der Waals surface area contributed by atoms with E-state index in [0.29, 0.717) is 0 Å². The molecule has 0 amide bonds. The van der Waals surface area contributed by atoms with E-state index in [1.54, 1.807) is 0 Å². The maximum absolute atomic E-state index is 11.9. The lowest BCUT2D eigenvalue weighted by Crippen LogP contribution is -2.33. The zero-order valence-electron chi connectivity index (χ0n) is 8.73. The summed E-state index contributed by atoms with van der Waals surface area (Å²) in [5, 5.41) is 8.64. The molecule has 0 radical (unpaired) electrons. The topological polar surface area (TPSA) is 83.5 Å². The number of aromatic carboxylic acids is 1. The van der Waals surface area contributed by atoms with Crippen molar-refractivity contribution < 1.29 is 31.5 Å². The average molecular weight is 283 g/mol. The molecule has 0 saturated heterocycles. The number of carboxylic acid groups (broad SMARTS) is 1. The lowest BCUT2D eigenvalue weighted by Gasteiger charge is -2.09. The molecular formula is C9H8F3NO4S. The SMILES string of the molecule is O=C(O)c1cccc(S(=O)(=O)NCC(F)(F)F)c1. The quantitative estimate of drug-likeness (QED) is 0.870. The number of sulfonamides is 1. The van der Waals surface area contributed by atoms with Crippen LogP contribution in [0, 0.1) is 0 Å². The summed E-state index contributed by atoms with van der Waals surface area (Å²) in [7, 11) is -4.38. The van der Waals surface area contributed by atoms with Gasteiger partial charge in [-0.05, 0) is 18.2 Å². The van der Waals surface area contributed by atoms with E-state index in [2.05, 4.69) is 0 Å². The summed E-state index contributed by atoms with van der Waals surface area (Å²) in [6, 6.07) is 4.04. The molecule has 0 unspecified atom stereocenters. The molecule has 1 aromatic carbocycles. The van der Waals surface area contributed by atoms with Crippen molar-refractivity contribution >= 4 is 16.0 Å². The van der Waals surface area contributed by atoms with Gasteiger partial charge < -0.3 is 5.11 Å². The molecule has 100 valence electrons. The highest BCUT2D eigenvalue weighted by atomic mass is 32.2. The van der Waals surface area contributed by atoms with Crippen LogP contribution in [0.1, 0.15) is 10.4 Å². The highest BCUT2D eigenvalue weighted by Gasteiger charge is 2.30. The van der Waals surface area contributed by atoms with Crippen molar-refractivity contribution in [2.75, 3.05) is 6.54 Å². The minimum atomic E-state index is -4.68. The standard InChI is InChI=1S/C9H8F3NO4S/c10-9(11,12)5-13-18(16,17)7-3-1-2-6(4-7)8(14)15/h1-4,13H,5H2,(H,14,15). The van der Waals surface area contributed by atoms with Crippen LogP contribution in [0.15, 0.2) is 29.2 Å². The molecule has 0 spiro atoms. The van der Waals surface area contributed by atoms with Gasteiger partial charge in [0.1, 0.15) is 6.54 Å². The zero-order valence-corrected chi connectivity index (χ0v) is 9.55. The second-order valence-electron chi connectivity index (χ2n) is 3.27. The predicted molar refractivity (Wildman–Crippen MR) is 54.6 cm³/mol. The van der Waals surface area contributed by atoms with Crippen molar-refractivity contribution in [2.24, 2.45) is 0 Å². The third-order valence-corrected chi connectivity index (χ3v) is 3.25. The van der Waals surface area contributed by atoms with Gasteiger partial charge in [0.25, 0.3) is 0 Å². The van der Waals surface area contributed by atoms with E-state index >= 15 is 0 Å². The third kappa shape index (κ3) is 4.00. The first kappa shape index (κ1) is 14.5. The van der Waals surface area contributed by atoms with Crippen LogP contribution in [0.5, 0.6) is 0 Å². The van der Waals surface area contributed by atoms with Gasteiger partial charge in [0.05, 0.1) is 10.5 Å². The number of benzene rings is 1. The number of carboxylic acids is 1. The summed E-state index contributed by atoms with van der Waals surface area (Å²) < 4.78 is 59.9. The molecule has 1 aromatic rings. The van der Waals surface area contributed by atoms with Crippen LogP contribution in [-0.2, 0) is 10.0 Å². The molecule has 0 bridgehead atoms. The van der Waals surface area contributed by atoms with Gasteiger partial charge in [-0.3, -0.25) is 0 Å². The fraction of sp³-hybridized carbons (Fsp3) is 0.222. The van der Waals surface area contributed by atoms with E-state index in [0.717, 1.165) is 24.3 Å². The molecule has 0 atom stereocenters. The van der Waals surface area contributed by atoms with E-state index in [9.17, 15) is 26.4 Å². The summed E-state index contributed by atoms with van der Waals surface area (Å²) in [4.78, 5) is 10.1. The Bertz CT molecular complexity index is 553. The molecular weight excluding hydrogens is 275 g/mol. The minimum Gasteiger partial charge on any atom is -0.478 e. The van der Waals surface area contributed by atoms with Crippen LogP contribution in [0.25, 0.3) is 0 Å². The summed E-state index contributed by atoms with van der Waals surface area (Å²) in [5.74, 6) is -1.37. The molecule has 5 nitrogen and oxygen atoms in total. The van der Waals surface area contributed by atoms with Gasteiger partial charge in [0.2, 0.25) is 10.0 Å². The number of rotatable bonds is 4. The van der Waals surface area contributed by atoms with Crippen LogP contribution < -0.4 is 4.72 Å². The van der Waals surface area contributed by atoms with Gasteiger partial charge in [-0.1, -0.05) is 6.07 Å². The largest absolute Gasteiger partial charge is 0.478 e. The fourth-order valence-corrected chi connectivity index (χ4v) is 2.12. The summed E-state index contributed by atoms with van der Waals surface area (Å²) >= 11 is 0. The van der Waals surface area contributed by atoms with Gasteiger partial charge in [0.15, 0.2) is 0 Å². The summed E-state index contributed by atoms with van der Waals surface area (Å²) in [6.07, 6.45) is -4.68. The average Bonchev–Trinajstić information content (AvgIpc) is 2.26. The normalized spacial score (nSPS) is 12.4. The highest BCUT2D eigenvalue weighted by Crippen LogP contribution is 2.16. The van der Waals surface area contributed by atoms with E-state index < -0.39 is 33.6 Å². The Morgan fingerprint density at radius 1 is 1.33 bits per heavy atom. The molecule has 0 saturated carbocycles. The van der Waals surface area contributed by atoms with Crippen LogP contribution in [-0.4, -0.2) is 32.2 Å². The molecule has 0 aromatic heterocycles. The third-order valence-electron chi connectivity index (χ3n) is 1.85. The maximum atomic E-state index is 11.9. The number of hydrogen-bond donors (Lipinski definition) is 2. The molecule has 2 N–H and O–H groups in total. The van der Waals surface area contributed by atoms with Gasteiger partial charge >= 0.3 is 12.1 Å². The molecule has 0 heterocycles. The first-order valence-electron chi connectivity index (χ1n) is 4.51. The van der Waals surface area contributed by atoms with E-state index in [4.69, 9.17) is 5.11 Å². The van der Waals surface area contributed by atoms with Crippen LogP contribution in [0.2, 0.25) is 0 Å². The first-order valence-corrected chi connectivity index (χ1v) is 6.00. The Morgan fingerprint density at radius 3 is 2.44 bits per heavy atom. The minimum absolute atomic E-state index is 0.329. The van der Waals surface area contributed by atoms with Crippen molar-refractivity contribution in [1.82, 2.24) is 4.72 Å². The Morgan fingerprint density at radius 2 is 1.94 bits per heavy atom. The van der Waals surface area contributed by atoms with E-state index in [1.165, 1.54) is 4.72 Å². The second-order valence-corrected chi connectivity index (χ2v) is 5.04. The number of carbonyl (C=O) groups is 1. The van der Waals surface area contributed by atoms with Gasteiger partial charge in [-0.15, -0.1) is 0 Å². The molecule has 18 heavy (non-hydrogen) atoms. The monoisotopic (exact) mass is 283 g/mol. The van der Waals surface area contributed by atoms with E-state index in [-0.39, 0.29) is 5.56 Å². The van der Waals surface area contributed by atoms with Crippen LogP contribution >= 0.6 is 0 Å². The predicted octanol–water partition coefficient (Wildman–Crippen LogP) is 1.23. The maximum Gasteiger partial charge on any atom is 0.402 e. The molecule has 0 aliphatic rings. The number of alkyl halides is 3. The van der Waals surface area contributed by atoms with Crippen molar-refractivity contribution in [3.63, 3.8) is 0 Å². The smallest absolute Gasteiger partial charge is 0.402 e. The molecule has 0 aliphatic carbocycles. The van der Waals surface area contributed by atoms with Gasteiger partial charge in [-0.2, -0.15) is 13.2 Å². The Labute approximate surface area is 100 Å². The van der Waals surface area contributed by atoms with Crippen molar-refractivity contribution in [3.05, 3.63) is 29.8 Å². The lowest BCUT2D eigenvalue weighted by molar-refractivity contribution is -0.121. The summed E-state index contributed by atoms with van der Waals surface area (Å²) in [5.41, 5.74) is -0.329.